The highest BCUT2D eigenvalue weighted by atomic mass is 19.1. The molecule has 0 atom stereocenters. The van der Waals surface area contributed by atoms with Gasteiger partial charge in [-0.1, -0.05) is 13.8 Å². The molecule has 0 aliphatic rings. The summed E-state index contributed by atoms with van der Waals surface area (Å²) in [7, 11) is 0. The maximum atomic E-state index is 13.3. The molecule has 0 fully saturated rings. The minimum absolute atomic E-state index is 0.0427. The van der Waals surface area contributed by atoms with Crippen LogP contribution in [0.2, 0.25) is 0 Å². The SMILES string of the molecule is Cc1c(F)cc(F)c(C(C)C)c1F. The Morgan fingerprint density at radius 1 is 1.08 bits per heavy atom. The summed E-state index contributed by atoms with van der Waals surface area (Å²) in [6.07, 6.45) is 0. The van der Waals surface area contributed by atoms with Gasteiger partial charge in [-0.3, -0.25) is 0 Å². The first kappa shape index (κ1) is 10.1. The molecule has 72 valence electrons. The van der Waals surface area contributed by atoms with Crippen LogP contribution in [-0.2, 0) is 0 Å². The molecule has 0 aliphatic carbocycles. The number of rotatable bonds is 1. The Morgan fingerprint density at radius 2 is 1.62 bits per heavy atom. The highest BCUT2D eigenvalue weighted by Gasteiger charge is 2.17. The van der Waals surface area contributed by atoms with Crippen LogP contribution in [0.4, 0.5) is 13.2 Å². The number of hydrogen-bond donors (Lipinski definition) is 0. The summed E-state index contributed by atoms with van der Waals surface area (Å²) in [6.45, 7) is 4.63. The Balaban J connectivity index is 3.44. The highest BCUT2D eigenvalue weighted by molar-refractivity contribution is 5.30. The van der Waals surface area contributed by atoms with E-state index in [0.29, 0.717) is 0 Å². The van der Waals surface area contributed by atoms with Gasteiger partial charge in [0.2, 0.25) is 0 Å². The molecule has 0 aliphatic heterocycles. The molecule has 0 saturated carbocycles. The summed E-state index contributed by atoms with van der Waals surface area (Å²) in [5, 5.41) is 0. The van der Waals surface area contributed by atoms with Crippen LogP contribution >= 0.6 is 0 Å². The molecule has 1 rings (SSSR count). The second-order valence-electron chi connectivity index (χ2n) is 3.35. The van der Waals surface area contributed by atoms with Crippen molar-refractivity contribution < 1.29 is 13.2 Å². The topological polar surface area (TPSA) is 0 Å². The molecule has 0 unspecified atom stereocenters. The molecule has 0 radical (unpaired) electrons. The van der Waals surface area contributed by atoms with E-state index in [1.807, 2.05) is 0 Å². The van der Waals surface area contributed by atoms with Gasteiger partial charge in [-0.05, 0) is 12.8 Å². The Kier molecular flexibility index (Phi) is 2.64. The third-order valence-electron chi connectivity index (χ3n) is 2.01. The van der Waals surface area contributed by atoms with Gasteiger partial charge in [-0.25, -0.2) is 13.2 Å². The van der Waals surface area contributed by atoms with Crippen LogP contribution in [-0.4, -0.2) is 0 Å². The summed E-state index contributed by atoms with van der Waals surface area (Å²) < 4.78 is 39.2. The lowest BCUT2D eigenvalue weighted by atomic mass is 9.99. The zero-order valence-corrected chi connectivity index (χ0v) is 7.79. The average Bonchev–Trinajstić information content (AvgIpc) is 1.99. The second-order valence-corrected chi connectivity index (χ2v) is 3.35. The molecule has 1 aromatic carbocycles. The molecule has 0 nitrogen and oxygen atoms in total. The molecule has 13 heavy (non-hydrogen) atoms. The van der Waals surface area contributed by atoms with Crippen LogP contribution in [0.15, 0.2) is 6.07 Å². The fourth-order valence-corrected chi connectivity index (χ4v) is 1.24. The molecule has 1 aromatic rings. The smallest absolute Gasteiger partial charge is 0.135 e. The van der Waals surface area contributed by atoms with Gasteiger partial charge in [0, 0.05) is 17.2 Å². The second kappa shape index (κ2) is 3.40. The first-order valence-corrected chi connectivity index (χ1v) is 4.09. The van der Waals surface area contributed by atoms with Crippen molar-refractivity contribution in [2.75, 3.05) is 0 Å². The van der Waals surface area contributed by atoms with Crippen molar-refractivity contribution in [1.29, 1.82) is 0 Å². The quantitative estimate of drug-likeness (QED) is 0.632. The van der Waals surface area contributed by atoms with E-state index in [-0.39, 0.29) is 17.0 Å². The summed E-state index contributed by atoms with van der Waals surface area (Å²) >= 11 is 0. The van der Waals surface area contributed by atoms with Gasteiger partial charge in [0.05, 0.1) is 0 Å². The van der Waals surface area contributed by atoms with Crippen molar-refractivity contribution in [2.45, 2.75) is 26.7 Å². The largest absolute Gasteiger partial charge is 0.206 e. The van der Waals surface area contributed by atoms with Gasteiger partial charge in [0.25, 0.3) is 0 Å². The van der Waals surface area contributed by atoms with Crippen molar-refractivity contribution in [3.05, 3.63) is 34.6 Å². The first-order chi connectivity index (χ1) is 5.95. The number of halogens is 3. The highest BCUT2D eigenvalue weighted by Crippen LogP contribution is 2.25. The molecule has 0 spiro atoms. The zero-order chi connectivity index (χ0) is 10.2. The minimum Gasteiger partial charge on any atom is -0.206 e. The molecule has 0 heterocycles. The fourth-order valence-electron chi connectivity index (χ4n) is 1.24. The maximum absolute atomic E-state index is 13.3. The number of benzene rings is 1. The van der Waals surface area contributed by atoms with E-state index in [2.05, 4.69) is 0 Å². The van der Waals surface area contributed by atoms with E-state index >= 15 is 0 Å². The van der Waals surface area contributed by atoms with Crippen LogP contribution in [0, 0.1) is 24.4 Å². The minimum atomic E-state index is -0.834. The normalized spacial score (nSPS) is 11.0. The van der Waals surface area contributed by atoms with Crippen molar-refractivity contribution in [2.24, 2.45) is 0 Å². The molecule has 0 saturated heterocycles. The maximum Gasteiger partial charge on any atom is 0.135 e. The Labute approximate surface area is 75.4 Å². The lowest BCUT2D eigenvalue weighted by Crippen LogP contribution is -2.02. The first-order valence-electron chi connectivity index (χ1n) is 4.09. The third-order valence-corrected chi connectivity index (χ3v) is 2.01. The Hall–Kier alpha value is -0.990. The van der Waals surface area contributed by atoms with Crippen LogP contribution in [0.25, 0.3) is 0 Å². The van der Waals surface area contributed by atoms with Gasteiger partial charge >= 0.3 is 0 Å². The molecule has 3 heteroatoms. The lowest BCUT2D eigenvalue weighted by molar-refractivity contribution is 0.504. The molecular formula is C10H11F3. The predicted octanol–water partition coefficient (Wildman–Crippen LogP) is 3.54. The molecule has 0 amide bonds. The van der Waals surface area contributed by atoms with Crippen molar-refractivity contribution in [3.63, 3.8) is 0 Å². The molecule has 0 bridgehead atoms. The van der Waals surface area contributed by atoms with Gasteiger partial charge in [0.1, 0.15) is 17.5 Å². The monoisotopic (exact) mass is 188 g/mol. The summed E-state index contributed by atoms with van der Waals surface area (Å²) in [5.74, 6) is -2.69. The van der Waals surface area contributed by atoms with Gasteiger partial charge in [-0.2, -0.15) is 0 Å². The van der Waals surface area contributed by atoms with Crippen molar-refractivity contribution in [1.82, 2.24) is 0 Å². The van der Waals surface area contributed by atoms with E-state index in [4.69, 9.17) is 0 Å². The fraction of sp³-hybridized carbons (Fsp3) is 0.400. The van der Waals surface area contributed by atoms with Gasteiger partial charge in [-0.15, -0.1) is 0 Å². The molecular weight excluding hydrogens is 177 g/mol. The van der Waals surface area contributed by atoms with Gasteiger partial charge < -0.3 is 0 Å². The van der Waals surface area contributed by atoms with Gasteiger partial charge in [0.15, 0.2) is 0 Å². The Bertz CT molecular complexity index is 329. The van der Waals surface area contributed by atoms with E-state index in [1.54, 1.807) is 13.8 Å². The van der Waals surface area contributed by atoms with Crippen LogP contribution in [0.1, 0.15) is 30.9 Å². The summed E-state index contributed by atoms with van der Waals surface area (Å²) in [4.78, 5) is 0. The third kappa shape index (κ3) is 1.69. The van der Waals surface area contributed by atoms with Crippen LogP contribution in [0.3, 0.4) is 0 Å². The lowest BCUT2D eigenvalue weighted by Gasteiger charge is -2.10. The van der Waals surface area contributed by atoms with Crippen LogP contribution < -0.4 is 0 Å². The molecule has 0 aromatic heterocycles. The molecule has 0 N–H and O–H groups in total. The van der Waals surface area contributed by atoms with E-state index in [0.717, 1.165) is 6.07 Å². The van der Waals surface area contributed by atoms with E-state index in [1.165, 1.54) is 6.92 Å². The zero-order valence-electron chi connectivity index (χ0n) is 7.79. The van der Waals surface area contributed by atoms with Crippen LogP contribution in [0.5, 0.6) is 0 Å². The number of hydrogen-bond acceptors (Lipinski definition) is 0. The average molecular weight is 188 g/mol. The van der Waals surface area contributed by atoms with E-state index < -0.39 is 17.5 Å². The van der Waals surface area contributed by atoms with E-state index in [9.17, 15) is 13.2 Å². The predicted molar refractivity (Wildman–Crippen MR) is 45.1 cm³/mol. The standard InChI is InChI=1S/C10H11F3/c1-5(2)9-8(12)4-7(11)6(3)10(9)13/h4-5H,1-3H3. The Morgan fingerprint density at radius 3 is 2.08 bits per heavy atom. The van der Waals surface area contributed by atoms with Crippen molar-refractivity contribution in [3.8, 4) is 0 Å². The summed E-state index contributed by atoms with van der Waals surface area (Å²) in [5.41, 5.74) is -0.163. The summed E-state index contributed by atoms with van der Waals surface area (Å²) in [6, 6.07) is 0.730. The van der Waals surface area contributed by atoms with Crippen molar-refractivity contribution >= 4 is 0 Å².